The number of aromatic nitrogens is 2. The minimum absolute atomic E-state index is 0.418. The van der Waals surface area contributed by atoms with E-state index in [0.29, 0.717) is 18.7 Å². The summed E-state index contributed by atoms with van der Waals surface area (Å²) in [6.07, 6.45) is 1.79. The molecule has 0 aliphatic carbocycles. The van der Waals surface area contributed by atoms with Gasteiger partial charge in [0, 0.05) is 25.4 Å². The first-order chi connectivity index (χ1) is 9.10. The number of halogens is 2. The summed E-state index contributed by atoms with van der Waals surface area (Å²) in [6, 6.07) is 3.57. The Kier molecular flexibility index (Phi) is 4.27. The summed E-state index contributed by atoms with van der Waals surface area (Å²) in [6.45, 7) is 5.87. The number of rotatable bonds is 5. The zero-order valence-corrected chi connectivity index (χ0v) is 11.1. The van der Waals surface area contributed by atoms with E-state index in [4.69, 9.17) is 0 Å². The van der Waals surface area contributed by atoms with Gasteiger partial charge in [0.05, 0.1) is 5.69 Å². The zero-order chi connectivity index (χ0) is 13.8. The standard InChI is InChI=1S/C14H17F2N3/c1-3-17-7-14-8-18-10(2)19(14)9-11-4-12(15)6-13(16)5-11/h4-6,8,17H,3,7,9H2,1-2H3. The van der Waals surface area contributed by atoms with Crippen molar-refractivity contribution in [3.63, 3.8) is 0 Å². The molecule has 3 nitrogen and oxygen atoms in total. The molecule has 0 atom stereocenters. The molecule has 0 fully saturated rings. The molecule has 0 aliphatic rings. The second-order valence-electron chi connectivity index (χ2n) is 4.44. The van der Waals surface area contributed by atoms with Gasteiger partial charge in [-0.3, -0.25) is 0 Å². The van der Waals surface area contributed by atoms with Crippen LogP contribution in [0.25, 0.3) is 0 Å². The van der Waals surface area contributed by atoms with Crippen molar-refractivity contribution in [1.82, 2.24) is 14.9 Å². The molecule has 0 aliphatic heterocycles. The number of hydrogen-bond donors (Lipinski definition) is 1. The Morgan fingerprint density at radius 2 is 1.89 bits per heavy atom. The third kappa shape index (κ3) is 3.38. The zero-order valence-electron chi connectivity index (χ0n) is 11.1. The molecule has 0 radical (unpaired) electrons. The lowest BCUT2D eigenvalue weighted by molar-refractivity contribution is 0.574. The lowest BCUT2D eigenvalue weighted by Gasteiger charge is -2.11. The summed E-state index contributed by atoms with van der Waals surface area (Å²) in [5.74, 6) is -0.278. The van der Waals surface area contributed by atoms with E-state index >= 15 is 0 Å². The third-order valence-electron chi connectivity index (χ3n) is 2.96. The Morgan fingerprint density at radius 3 is 2.53 bits per heavy atom. The molecule has 0 saturated heterocycles. The van der Waals surface area contributed by atoms with Crippen LogP contribution in [-0.2, 0) is 13.1 Å². The predicted octanol–water partition coefficient (Wildman–Crippen LogP) is 2.63. The largest absolute Gasteiger partial charge is 0.327 e. The number of nitrogens with one attached hydrogen (secondary N) is 1. The van der Waals surface area contributed by atoms with Gasteiger partial charge in [-0.25, -0.2) is 13.8 Å². The van der Waals surface area contributed by atoms with Crippen molar-refractivity contribution in [1.29, 1.82) is 0 Å². The first-order valence-electron chi connectivity index (χ1n) is 6.27. The summed E-state index contributed by atoms with van der Waals surface area (Å²) >= 11 is 0. The van der Waals surface area contributed by atoms with Crippen LogP contribution in [0.2, 0.25) is 0 Å². The minimum Gasteiger partial charge on any atom is -0.327 e. The first-order valence-corrected chi connectivity index (χ1v) is 6.27. The molecular weight excluding hydrogens is 248 g/mol. The van der Waals surface area contributed by atoms with Gasteiger partial charge in [0.15, 0.2) is 0 Å². The summed E-state index contributed by atoms with van der Waals surface area (Å²) in [7, 11) is 0. The van der Waals surface area contributed by atoms with Gasteiger partial charge in [-0.2, -0.15) is 0 Å². The van der Waals surface area contributed by atoms with Crippen molar-refractivity contribution in [2.45, 2.75) is 26.9 Å². The molecule has 1 N–H and O–H groups in total. The van der Waals surface area contributed by atoms with Crippen molar-refractivity contribution >= 4 is 0 Å². The Bertz CT molecular complexity index is 544. The second kappa shape index (κ2) is 5.93. The minimum atomic E-state index is -0.555. The number of imidazole rings is 1. The molecule has 0 spiro atoms. The lowest BCUT2D eigenvalue weighted by Crippen LogP contribution is -2.16. The van der Waals surface area contributed by atoms with Crippen LogP contribution in [0.3, 0.4) is 0 Å². The smallest absolute Gasteiger partial charge is 0.126 e. The molecule has 1 heterocycles. The quantitative estimate of drug-likeness (QED) is 0.900. The molecule has 19 heavy (non-hydrogen) atoms. The number of hydrogen-bond acceptors (Lipinski definition) is 2. The van der Waals surface area contributed by atoms with Gasteiger partial charge in [0.25, 0.3) is 0 Å². The molecule has 2 aromatic rings. The molecular formula is C14H17F2N3. The molecule has 0 saturated carbocycles. The Labute approximate surface area is 111 Å². The van der Waals surface area contributed by atoms with Crippen LogP contribution >= 0.6 is 0 Å². The Hall–Kier alpha value is -1.75. The highest BCUT2D eigenvalue weighted by atomic mass is 19.1. The van der Waals surface area contributed by atoms with Crippen molar-refractivity contribution in [2.75, 3.05) is 6.54 Å². The van der Waals surface area contributed by atoms with E-state index < -0.39 is 11.6 Å². The molecule has 1 aromatic carbocycles. The fraction of sp³-hybridized carbons (Fsp3) is 0.357. The fourth-order valence-corrected chi connectivity index (χ4v) is 2.01. The normalized spacial score (nSPS) is 10.9. The van der Waals surface area contributed by atoms with E-state index in [9.17, 15) is 8.78 Å². The number of aryl methyl sites for hydroxylation is 1. The van der Waals surface area contributed by atoms with E-state index in [-0.39, 0.29) is 0 Å². The van der Waals surface area contributed by atoms with Crippen LogP contribution in [0.4, 0.5) is 8.78 Å². The van der Waals surface area contributed by atoms with Crippen LogP contribution in [-0.4, -0.2) is 16.1 Å². The third-order valence-corrected chi connectivity index (χ3v) is 2.96. The van der Waals surface area contributed by atoms with Crippen molar-refractivity contribution in [3.05, 3.63) is 53.1 Å². The summed E-state index contributed by atoms with van der Waals surface area (Å²) in [5, 5.41) is 3.22. The molecule has 5 heteroatoms. The van der Waals surface area contributed by atoms with E-state index in [2.05, 4.69) is 10.3 Å². The molecule has 2 rings (SSSR count). The van der Waals surface area contributed by atoms with Crippen LogP contribution < -0.4 is 5.32 Å². The van der Waals surface area contributed by atoms with Gasteiger partial charge in [0.1, 0.15) is 17.5 Å². The highest BCUT2D eigenvalue weighted by Crippen LogP contribution is 2.13. The van der Waals surface area contributed by atoms with Crippen molar-refractivity contribution in [2.24, 2.45) is 0 Å². The van der Waals surface area contributed by atoms with Gasteiger partial charge in [-0.05, 0) is 31.2 Å². The highest BCUT2D eigenvalue weighted by molar-refractivity contribution is 5.20. The van der Waals surface area contributed by atoms with Gasteiger partial charge in [-0.1, -0.05) is 6.92 Å². The number of nitrogens with zero attached hydrogens (tertiary/aromatic N) is 2. The average molecular weight is 265 g/mol. The molecule has 0 bridgehead atoms. The van der Waals surface area contributed by atoms with E-state index in [1.54, 1.807) is 6.20 Å². The predicted molar refractivity (Wildman–Crippen MR) is 69.8 cm³/mol. The van der Waals surface area contributed by atoms with Gasteiger partial charge in [0.2, 0.25) is 0 Å². The maximum Gasteiger partial charge on any atom is 0.126 e. The van der Waals surface area contributed by atoms with Crippen molar-refractivity contribution in [3.8, 4) is 0 Å². The van der Waals surface area contributed by atoms with Gasteiger partial charge >= 0.3 is 0 Å². The topological polar surface area (TPSA) is 29.9 Å². The maximum atomic E-state index is 13.2. The van der Waals surface area contributed by atoms with E-state index in [1.807, 2.05) is 18.4 Å². The van der Waals surface area contributed by atoms with Gasteiger partial charge < -0.3 is 9.88 Å². The van der Waals surface area contributed by atoms with E-state index in [1.165, 1.54) is 12.1 Å². The monoisotopic (exact) mass is 265 g/mol. The second-order valence-corrected chi connectivity index (χ2v) is 4.44. The molecule has 1 aromatic heterocycles. The fourth-order valence-electron chi connectivity index (χ4n) is 2.01. The van der Waals surface area contributed by atoms with Crippen LogP contribution in [0.15, 0.2) is 24.4 Å². The van der Waals surface area contributed by atoms with Crippen LogP contribution in [0.5, 0.6) is 0 Å². The average Bonchev–Trinajstić information content (AvgIpc) is 2.67. The molecule has 0 amide bonds. The SMILES string of the molecule is CCNCc1cnc(C)n1Cc1cc(F)cc(F)c1. The van der Waals surface area contributed by atoms with Crippen molar-refractivity contribution < 1.29 is 8.78 Å². The lowest BCUT2D eigenvalue weighted by atomic mass is 10.2. The highest BCUT2D eigenvalue weighted by Gasteiger charge is 2.08. The summed E-state index contributed by atoms with van der Waals surface area (Å²) in [5.41, 5.74) is 1.60. The first kappa shape index (κ1) is 13.7. The summed E-state index contributed by atoms with van der Waals surface area (Å²) < 4.78 is 28.3. The van der Waals surface area contributed by atoms with E-state index in [0.717, 1.165) is 24.1 Å². The van der Waals surface area contributed by atoms with Crippen LogP contribution in [0, 0.1) is 18.6 Å². The molecule has 102 valence electrons. The van der Waals surface area contributed by atoms with Crippen LogP contribution in [0.1, 0.15) is 24.0 Å². The number of benzene rings is 1. The molecule has 0 unspecified atom stereocenters. The Morgan fingerprint density at radius 1 is 1.21 bits per heavy atom. The van der Waals surface area contributed by atoms with Gasteiger partial charge in [-0.15, -0.1) is 0 Å². The maximum absolute atomic E-state index is 13.2. The Balaban J connectivity index is 2.24. The summed E-state index contributed by atoms with van der Waals surface area (Å²) in [4.78, 5) is 4.25.